The van der Waals surface area contributed by atoms with Crippen molar-refractivity contribution in [1.29, 1.82) is 0 Å². The molecule has 0 saturated heterocycles. The summed E-state index contributed by atoms with van der Waals surface area (Å²) < 4.78 is 5.61. The Labute approximate surface area is 134 Å². The van der Waals surface area contributed by atoms with Crippen molar-refractivity contribution in [3.05, 3.63) is 23.8 Å². The molecular weight excluding hydrogens is 280 g/mol. The lowest BCUT2D eigenvalue weighted by Gasteiger charge is -2.31. The van der Waals surface area contributed by atoms with Crippen molar-refractivity contribution in [2.45, 2.75) is 39.3 Å². The number of hydrogen-bond acceptors (Lipinski definition) is 4. The van der Waals surface area contributed by atoms with Crippen LogP contribution in [0.25, 0.3) is 0 Å². The highest BCUT2D eigenvalue weighted by molar-refractivity contribution is 7.98. The Hall–Kier alpha value is -0.870. The summed E-state index contributed by atoms with van der Waals surface area (Å²) in [5.74, 6) is 2.08. The highest BCUT2D eigenvalue weighted by atomic mass is 32.2. The summed E-state index contributed by atoms with van der Waals surface area (Å²) >= 11 is 1.88. The van der Waals surface area contributed by atoms with Gasteiger partial charge < -0.3 is 15.0 Å². The zero-order chi connectivity index (χ0) is 15.8. The highest BCUT2D eigenvalue weighted by Gasteiger charge is 2.20. The van der Waals surface area contributed by atoms with Crippen molar-refractivity contribution in [3.8, 4) is 5.75 Å². The molecule has 1 aromatic rings. The van der Waals surface area contributed by atoms with Gasteiger partial charge in [-0.05, 0) is 45.2 Å². The number of methoxy groups -OCH3 is 1. The average Bonchev–Trinajstić information content (AvgIpc) is 2.51. The van der Waals surface area contributed by atoms with Crippen LogP contribution in [0.2, 0.25) is 0 Å². The molecule has 0 radical (unpaired) electrons. The molecule has 2 atom stereocenters. The smallest absolute Gasteiger partial charge is 0.125 e. The van der Waals surface area contributed by atoms with E-state index in [0.717, 1.165) is 24.5 Å². The maximum atomic E-state index is 5.61. The van der Waals surface area contributed by atoms with Gasteiger partial charge in [-0.15, -0.1) is 0 Å². The van der Waals surface area contributed by atoms with Crippen molar-refractivity contribution >= 4 is 17.4 Å². The van der Waals surface area contributed by atoms with E-state index in [1.165, 1.54) is 11.3 Å². The summed E-state index contributed by atoms with van der Waals surface area (Å²) in [6.45, 7) is 7.69. The maximum absolute atomic E-state index is 5.61. The Morgan fingerprint density at radius 3 is 2.62 bits per heavy atom. The Balaban J connectivity index is 3.12. The molecule has 2 unspecified atom stereocenters. The molecule has 0 spiro atoms. The Morgan fingerprint density at radius 2 is 2.05 bits per heavy atom. The number of hydrogen-bond donors (Lipinski definition) is 1. The van der Waals surface area contributed by atoms with Crippen LogP contribution in [0.5, 0.6) is 5.75 Å². The van der Waals surface area contributed by atoms with Gasteiger partial charge >= 0.3 is 0 Å². The van der Waals surface area contributed by atoms with Crippen LogP contribution in [0, 0.1) is 0 Å². The molecule has 1 rings (SSSR count). The van der Waals surface area contributed by atoms with Crippen LogP contribution in [0.3, 0.4) is 0 Å². The van der Waals surface area contributed by atoms with Crippen LogP contribution in [0.1, 0.15) is 38.8 Å². The third-order valence-corrected chi connectivity index (χ3v) is 4.66. The number of ether oxygens (including phenoxy) is 1. The first-order chi connectivity index (χ1) is 10.1. The molecule has 0 aliphatic carbocycles. The molecule has 0 fully saturated rings. The van der Waals surface area contributed by atoms with Gasteiger partial charge in [-0.3, -0.25) is 0 Å². The van der Waals surface area contributed by atoms with E-state index in [0.29, 0.717) is 6.04 Å². The number of benzene rings is 1. The second-order valence-electron chi connectivity index (χ2n) is 5.48. The van der Waals surface area contributed by atoms with E-state index in [-0.39, 0.29) is 6.04 Å². The second kappa shape index (κ2) is 9.21. The van der Waals surface area contributed by atoms with Gasteiger partial charge in [0.15, 0.2) is 0 Å². The Bertz CT molecular complexity index is 425. The van der Waals surface area contributed by atoms with Gasteiger partial charge in [0.1, 0.15) is 5.75 Å². The van der Waals surface area contributed by atoms with E-state index in [1.807, 2.05) is 11.8 Å². The number of anilines is 1. The first-order valence-electron chi connectivity index (χ1n) is 7.68. The van der Waals surface area contributed by atoms with Crippen molar-refractivity contribution in [2.75, 3.05) is 37.6 Å². The summed E-state index contributed by atoms with van der Waals surface area (Å²) in [5.41, 5.74) is 2.51. The van der Waals surface area contributed by atoms with Crippen LogP contribution in [0.15, 0.2) is 18.2 Å². The number of nitrogens with one attached hydrogen (secondary N) is 1. The minimum atomic E-state index is 0.278. The van der Waals surface area contributed by atoms with Crippen LogP contribution >= 0.6 is 11.8 Å². The third kappa shape index (κ3) is 4.82. The van der Waals surface area contributed by atoms with E-state index in [4.69, 9.17) is 4.74 Å². The van der Waals surface area contributed by atoms with Gasteiger partial charge in [0.25, 0.3) is 0 Å². The largest absolute Gasteiger partial charge is 0.496 e. The zero-order valence-corrected chi connectivity index (χ0v) is 15.1. The fourth-order valence-electron chi connectivity index (χ4n) is 2.51. The normalized spacial score (nSPS) is 13.8. The van der Waals surface area contributed by atoms with Gasteiger partial charge in [0, 0.05) is 36.1 Å². The number of rotatable bonds is 9. The lowest BCUT2D eigenvalue weighted by molar-refractivity contribution is 0.401. The van der Waals surface area contributed by atoms with Crippen LogP contribution in [-0.4, -0.2) is 38.8 Å². The molecule has 4 heteroatoms. The molecule has 0 saturated carbocycles. The van der Waals surface area contributed by atoms with Crippen molar-refractivity contribution in [3.63, 3.8) is 0 Å². The predicted molar refractivity (Wildman–Crippen MR) is 95.9 cm³/mol. The second-order valence-corrected chi connectivity index (χ2v) is 6.39. The summed E-state index contributed by atoms with van der Waals surface area (Å²) in [4.78, 5) is 2.36. The highest BCUT2D eigenvalue weighted by Crippen LogP contribution is 2.35. The van der Waals surface area contributed by atoms with E-state index < -0.39 is 0 Å². The molecule has 0 aromatic heterocycles. The average molecular weight is 311 g/mol. The molecule has 120 valence electrons. The monoisotopic (exact) mass is 310 g/mol. The van der Waals surface area contributed by atoms with Crippen LogP contribution in [-0.2, 0) is 0 Å². The van der Waals surface area contributed by atoms with E-state index in [9.17, 15) is 0 Å². The fraction of sp³-hybridized carbons (Fsp3) is 0.647. The molecule has 0 heterocycles. The summed E-state index contributed by atoms with van der Waals surface area (Å²) in [7, 11) is 3.92. The third-order valence-electron chi connectivity index (χ3n) is 3.85. The lowest BCUT2D eigenvalue weighted by Crippen LogP contribution is -2.33. The molecule has 1 aromatic carbocycles. The molecule has 0 amide bonds. The molecule has 1 N–H and O–H groups in total. The Kier molecular flexibility index (Phi) is 7.97. The Morgan fingerprint density at radius 1 is 1.33 bits per heavy atom. The van der Waals surface area contributed by atoms with Gasteiger partial charge in [0.2, 0.25) is 0 Å². The SMILES string of the molecule is CCCNC(C)c1c(OC)cccc1N(C)C(C)CSC. The van der Waals surface area contributed by atoms with Gasteiger partial charge in [-0.1, -0.05) is 13.0 Å². The summed E-state index contributed by atoms with van der Waals surface area (Å²) in [6.07, 6.45) is 3.29. The van der Waals surface area contributed by atoms with Crippen LogP contribution < -0.4 is 15.0 Å². The minimum absolute atomic E-state index is 0.278. The lowest BCUT2D eigenvalue weighted by atomic mass is 10.0. The van der Waals surface area contributed by atoms with E-state index in [2.05, 4.69) is 62.5 Å². The van der Waals surface area contributed by atoms with Crippen molar-refractivity contribution in [1.82, 2.24) is 5.32 Å². The molecule has 0 aliphatic rings. The topological polar surface area (TPSA) is 24.5 Å². The zero-order valence-electron chi connectivity index (χ0n) is 14.3. The minimum Gasteiger partial charge on any atom is -0.496 e. The maximum Gasteiger partial charge on any atom is 0.125 e. The molecule has 21 heavy (non-hydrogen) atoms. The summed E-state index contributed by atoms with van der Waals surface area (Å²) in [6, 6.07) is 7.09. The van der Waals surface area contributed by atoms with Crippen molar-refractivity contribution < 1.29 is 4.74 Å². The summed E-state index contributed by atoms with van der Waals surface area (Å²) in [5, 5.41) is 3.58. The van der Waals surface area contributed by atoms with Gasteiger partial charge in [-0.2, -0.15) is 11.8 Å². The first-order valence-corrected chi connectivity index (χ1v) is 9.08. The number of nitrogens with zero attached hydrogens (tertiary/aromatic N) is 1. The number of thioether (sulfide) groups is 1. The molecule has 0 bridgehead atoms. The predicted octanol–water partition coefficient (Wildman–Crippen LogP) is 3.94. The van der Waals surface area contributed by atoms with Crippen LogP contribution in [0.4, 0.5) is 5.69 Å². The first kappa shape index (κ1) is 18.2. The molecule has 3 nitrogen and oxygen atoms in total. The van der Waals surface area contributed by atoms with E-state index >= 15 is 0 Å². The van der Waals surface area contributed by atoms with Gasteiger partial charge in [0.05, 0.1) is 7.11 Å². The fourth-order valence-corrected chi connectivity index (χ4v) is 3.21. The standard InChI is InChI=1S/C17H30N2OS/c1-7-11-18-14(3)17-15(9-8-10-16(17)20-5)19(4)13(2)12-21-6/h8-10,13-14,18H,7,11-12H2,1-6H3. The van der Waals surface area contributed by atoms with E-state index in [1.54, 1.807) is 7.11 Å². The quantitative estimate of drug-likeness (QED) is 0.746. The molecular formula is C17H30N2OS. The molecule has 0 aliphatic heterocycles. The van der Waals surface area contributed by atoms with Gasteiger partial charge in [-0.25, -0.2) is 0 Å². The van der Waals surface area contributed by atoms with Crippen molar-refractivity contribution in [2.24, 2.45) is 0 Å².